The number of aromatic nitrogens is 3. The quantitative estimate of drug-likeness (QED) is 0.404. The van der Waals surface area contributed by atoms with Crippen molar-refractivity contribution in [2.24, 2.45) is 10.9 Å². The summed E-state index contributed by atoms with van der Waals surface area (Å²) < 4.78 is 3.45. The number of rotatable bonds is 9. The SMILES string of the molecule is CCNC(=NCC(CC)CC)NCCCn1nc2n(c1=O)CCCC2. The van der Waals surface area contributed by atoms with Crippen molar-refractivity contribution in [2.45, 2.75) is 72.4 Å². The molecule has 2 rings (SSSR count). The first kappa shape index (κ1) is 19.5. The number of guanidine groups is 1. The van der Waals surface area contributed by atoms with Crippen LogP contribution in [0.1, 0.15) is 58.7 Å². The highest BCUT2D eigenvalue weighted by molar-refractivity contribution is 5.79. The lowest BCUT2D eigenvalue weighted by molar-refractivity contribution is 0.502. The molecule has 1 aliphatic rings. The minimum absolute atomic E-state index is 0.0454. The molecule has 0 unspecified atom stereocenters. The molecule has 0 bridgehead atoms. The third kappa shape index (κ3) is 5.61. The van der Waals surface area contributed by atoms with E-state index < -0.39 is 0 Å². The van der Waals surface area contributed by atoms with Crippen LogP contribution in [0.2, 0.25) is 0 Å². The van der Waals surface area contributed by atoms with Crippen molar-refractivity contribution in [3.63, 3.8) is 0 Å². The summed E-state index contributed by atoms with van der Waals surface area (Å²) in [6.45, 7) is 10.5. The summed E-state index contributed by atoms with van der Waals surface area (Å²) in [5.41, 5.74) is 0.0454. The van der Waals surface area contributed by atoms with Crippen molar-refractivity contribution in [2.75, 3.05) is 19.6 Å². The lowest BCUT2D eigenvalue weighted by Crippen LogP contribution is -2.38. The monoisotopic (exact) mass is 350 g/mol. The van der Waals surface area contributed by atoms with E-state index in [1.54, 1.807) is 4.68 Å². The van der Waals surface area contributed by atoms with Crippen LogP contribution in [-0.4, -0.2) is 39.9 Å². The zero-order valence-electron chi connectivity index (χ0n) is 16.1. The fourth-order valence-electron chi connectivity index (χ4n) is 3.14. The maximum atomic E-state index is 12.3. The van der Waals surface area contributed by atoms with E-state index in [4.69, 9.17) is 0 Å². The number of nitrogens with zero attached hydrogens (tertiary/aromatic N) is 4. The Kier molecular flexibility index (Phi) is 8.01. The Morgan fingerprint density at radius 1 is 1.24 bits per heavy atom. The first-order valence-corrected chi connectivity index (χ1v) is 9.88. The molecular weight excluding hydrogens is 316 g/mol. The van der Waals surface area contributed by atoms with E-state index >= 15 is 0 Å². The molecule has 0 saturated carbocycles. The summed E-state index contributed by atoms with van der Waals surface area (Å²) >= 11 is 0. The Balaban J connectivity index is 1.81. The van der Waals surface area contributed by atoms with Gasteiger partial charge in [0.15, 0.2) is 5.96 Å². The molecule has 7 nitrogen and oxygen atoms in total. The standard InChI is InChI=1S/C18H34N6O/c1-4-15(5-2)14-21-17(19-6-3)20-11-9-13-24-18(25)23-12-8-7-10-16(23)22-24/h15H,4-14H2,1-3H3,(H2,19,20,21). The highest BCUT2D eigenvalue weighted by Crippen LogP contribution is 2.09. The Morgan fingerprint density at radius 3 is 2.72 bits per heavy atom. The normalized spacial score (nSPS) is 14.6. The molecule has 0 atom stereocenters. The predicted molar refractivity (Wildman–Crippen MR) is 102 cm³/mol. The number of hydrogen-bond acceptors (Lipinski definition) is 3. The van der Waals surface area contributed by atoms with Gasteiger partial charge < -0.3 is 10.6 Å². The summed E-state index contributed by atoms with van der Waals surface area (Å²) in [4.78, 5) is 17.0. The summed E-state index contributed by atoms with van der Waals surface area (Å²) in [5.74, 6) is 2.46. The number of fused-ring (bicyclic) bond motifs is 1. The van der Waals surface area contributed by atoms with Crippen molar-refractivity contribution in [1.29, 1.82) is 0 Å². The van der Waals surface area contributed by atoms with Crippen molar-refractivity contribution in [3.05, 3.63) is 16.3 Å². The van der Waals surface area contributed by atoms with Crippen LogP contribution < -0.4 is 16.3 Å². The molecule has 0 aromatic carbocycles. The molecule has 0 spiro atoms. The highest BCUT2D eigenvalue weighted by Gasteiger charge is 2.16. The molecule has 0 saturated heterocycles. The second-order valence-corrected chi connectivity index (χ2v) is 6.71. The molecule has 1 aliphatic heterocycles. The van der Waals surface area contributed by atoms with Gasteiger partial charge in [0.05, 0.1) is 0 Å². The van der Waals surface area contributed by atoms with Gasteiger partial charge in [-0.3, -0.25) is 9.56 Å². The van der Waals surface area contributed by atoms with E-state index in [0.717, 1.165) is 76.5 Å². The smallest absolute Gasteiger partial charge is 0.345 e. The molecule has 0 radical (unpaired) electrons. The summed E-state index contributed by atoms with van der Waals surface area (Å²) in [5, 5.41) is 11.1. The van der Waals surface area contributed by atoms with E-state index in [9.17, 15) is 4.79 Å². The summed E-state index contributed by atoms with van der Waals surface area (Å²) in [6, 6.07) is 0. The van der Waals surface area contributed by atoms with E-state index in [1.165, 1.54) is 0 Å². The maximum absolute atomic E-state index is 12.3. The molecule has 142 valence electrons. The van der Waals surface area contributed by atoms with Crippen LogP contribution >= 0.6 is 0 Å². The third-order valence-electron chi connectivity index (χ3n) is 4.88. The second-order valence-electron chi connectivity index (χ2n) is 6.71. The lowest BCUT2D eigenvalue weighted by Gasteiger charge is -2.13. The molecule has 1 aromatic heterocycles. The Hall–Kier alpha value is -1.79. The molecule has 0 fully saturated rings. The molecule has 2 N–H and O–H groups in total. The molecule has 0 amide bonds. The van der Waals surface area contributed by atoms with Crippen molar-refractivity contribution in [3.8, 4) is 0 Å². The number of hydrogen-bond donors (Lipinski definition) is 2. The Bertz CT molecular complexity index is 599. The fraction of sp³-hybridized carbons (Fsp3) is 0.833. The fourth-order valence-corrected chi connectivity index (χ4v) is 3.14. The van der Waals surface area contributed by atoms with Crippen LogP contribution in [0.4, 0.5) is 0 Å². The van der Waals surface area contributed by atoms with Gasteiger partial charge in [-0.15, -0.1) is 0 Å². The van der Waals surface area contributed by atoms with Crippen LogP contribution in [0, 0.1) is 5.92 Å². The van der Waals surface area contributed by atoms with Crippen LogP contribution in [-0.2, 0) is 19.5 Å². The first-order chi connectivity index (χ1) is 12.2. The van der Waals surface area contributed by atoms with Crippen molar-refractivity contribution >= 4 is 5.96 Å². The third-order valence-corrected chi connectivity index (χ3v) is 4.88. The number of aliphatic imine (C=N–C) groups is 1. The van der Waals surface area contributed by atoms with Crippen LogP contribution in [0.5, 0.6) is 0 Å². The van der Waals surface area contributed by atoms with E-state index in [2.05, 4.69) is 41.5 Å². The molecule has 7 heteroatoms. The number of nitrogens with one attached hydrogen (secondary N) is 2. The van der Waals surface area contributed by atoms with Gasteiger partial charge in [0.2, 0.25) is 0 Å². The van der Waals surface area contributed by atoms with Gasteiger partial charge in [-0.1, -0.05) is 26.7 Å². The maximum Gasteiger partial charge on any atom is 0.345 e. The summed E-state index contributed by atoms with van der Waals surface area (Å²) in [6.07, 6.45) is 6.32. The molecule has 2 heterocycles. The largest absolute Gasteiger partial charge is 0.357 e. The predicted octanol–water partition coefficient (Wildman–Crippen LogP) is 1.76. The van der Waals surface area contributed by atoms with Crippen molar-refractivity contribution in [1.82, 2.24) is 25.0 Å². The Labute approximate surface area is 150 Å². The van der Waals surface area contributed by atoms with Gasteiger partial charge in [-0.25, -0.2) is 9.48 Å². The molecule has 25 heavy (non-hydrogen) atoms. The van der Waals surface area contributed by atoms with Crippen molar-refractivity contribution < 1.29 is 0 Å². The lowest BCUT2D eigenvalue weighted by atomic mass is 10.0. The Morgan fingerprint density at radius 2 is 2.04 bits per heavy atom. The topological polar surface area (TPSA) is 76.2 Å². The second kappa shape index (κ2) is 10.3. The minimum Gasteiger partial charge on any atom is -0.357 e. The highest BCUT2D eigenvalue weighted by atomic mass is 16.2. The zero-order chi connectivity index (χ0) is 18.1. The minimum atomic E-state index is 0.0454. The molecule has 0 aliphatic carbocycles. The van der Waals surface area contributed by atoms with Crippen LogP contribution in [0.25, 0.3) is 0 Å². The average Bonchev–Trinajstić information content (AvgIpc) is 2.95. The first-order valence-electron chi connectivity index (χ1n) is 9.88. The van der Waals surface area contributed by atoms with Gasteiger partial charge in [-0.2, -0.15) is 5.10 Å². The van der Waals surface area contributed by atoms with E-state index in [1.807, 2.05) is 4.57 Å². The van der Waals surface area contributed by atoms with Gasteiger partial charge in [0.25, 0.3) is 0 Å². The van der Waals surface area contributed by atoms with Crippen LogP contribution in [0.15, 0.2) is 9.79 Å². The van der Waals surface area contributed by atoms with Crippen LogP contribution in [0.3, 0.4) is 0 Å². The summed E-state index contributed by atoms with van der Waals surface area (Å²) in [7, 11) is 0. The van der Waals surface area contributed by atoms with Gasteiger partial charge >= 0.3 is 5.69 Å². The van der Waals surface area contributed by atoms with Gasteiger partial charge in [0, 0.05) is 39.1 Å². The van der Waals surface area contributed by atoms with E-state index in [-0.39, 0.29) is 5.69 Å². The molecule has 1 aromatic rings. The zero-order valence-corrected chi connectivity index (χ0v) is 16.1. The van der Waals surface area contributed by atoms with E-state index in [0.29, 0.717) is 12.5 Å². The van der Waals surface area contributed by atoms with Gasteiger partial charge in [0.1, 0.15) is 5.82 Å². The number of aryl methyl sites for hydroxylation is 2. The average molecular weight is 351 g/mol. The molecular formula is C18H34N6O. The van der Waals surface area contributed by atoms with Gasteiger partial charge in [-0.05, 0) is 32.1 Å².